The van der Waals surface area contributed by atoms with Crippen molar-refractivity contribution in [1.82, 2.24) is 5.32 Å². The maximum absolute atomic E-state index is 12.1. The number of carbonyl (C=O) groups excluding carboxylic acids is 2. The van der Waals surface area contributed by atoms with Crippen LogP contribution in [-0.4, -0.2) is 29.8 Å². The van der Waals surface area contributed by atoms with Gasteiger partial charge in [0.15, 0.2) is 5.75 Å². The van der Waals surface area contributed by atoms with Crippen molar-refractivity contribution in [2.45, 2.75) is 31.7 Å². The molecule has 1 amide bonds. The predicted octanol–water partition coefficient (Wildman–Crippen LogP) is 1.84. The quantitative estimate of drug-likeness (QED) is 0.674. The first-order valence-electron chi connectivity index (χ1n) is 6.66. The van der Waals surface area contributed by atoms with E-state index in [1.165, 1.54) is 25.3 Å². The standard InChI is InChI=1S/C14H16N2O5/c1-21-13-7-2-9(8-12(13)16(19)20)14(18)15-10-3-5-11(17)6-4-10/h2,7-8,10H,3-6H2,1H3,(H,15,18). The summed E-state index contributed by atoms with van der Waals surface area (Å²) < 4.78 is 4.89. The molecular formula is C14H16N2O5. The number of methoxy groups -OCH3 is 1. The van der Waals surface area contributed by atoms with Crippen LogP contribution < -0.4 is 10.1 Å². The second-order valence-electron chi connectivity index (χ2n) is 4.93. The van der Waals surface area contributed by atoms with E-state index in [9.17, 15) is 19.7 Å². The van der Waals surface area contributed by atoms with Gasteiger partial charge < -0.3 is 10.1 Å². The fraction of sp³-hybridized carbons (Fsp3) is 0.429. The van der Waals surface area contributed by atoms with Crippen LogP contribution in [0.5, 0.6) is 5.75 Å². The monoisotopic (exact) mass is 292 g/mol. The summed E-state index contributed by atoms with van der Waals surface area (Å²) >= 11 is 0. The molecule has 7 nitrogen and oxygen atoms in total. The van der Waals surface area contributed by atoms with Crippen LogP contribution in [0, 0.1) is 10.1 Å². The first kappa shape index (κ1) is 15.0. The summed E-state index contributed by atoms with van der Waals surface area (Å²) in [6.07, 6.45) is 2.16. The van der Waals surface area contributed by atoms with Crippen molar-refractivity contribution < 1.29 is 19.2 Å². The number of nitro benzene ring substituents is 1. The third-order valence-electron chi connectivity index (χ3n) is 3.52. The van der Waals surface area contributed by atoms with E-state index < -0.39 is 4.92 Å². The second kappa shape index (κ2) is 6.34. The number of carbonyl (C=O) groups is 2. The van der Waals surface area contributed by atoms with E-state index in [0.717, 1.165) is 0 Å². The zero-order valence-electron chi connectivity index (χ0n) is 11.6. The number of hydrogen-bond acceptors (Lipinski definition) is 5. The third kappa shape index (κ3) is 3.56. The maximum atomic E-state index is 12.1. The van der Waals surface area contributed by atoms with E-state index in [-0.39, 0.29) is 34.7 Å². The highest BCUT2D eigenvalue weighted by Gasteiger charge is 2.23. The van der Waals surface area contributed by atoms with Crippen molar-refractivity contribution in [2.75, 3.05) is 7.11 Å². The molecule has 1 aromatic carbocycles. The van der Waals surface area contributed by atoms with Gasteiger partial charge in [-0.3, -0.25) is 19.7 Å². The molecular weight excluding hydrogens is 276 g/mol. The van der Waals surface area contributed by atoms with Crippen LogP contribution in [0.1, 0.15) is 36.0 Å². The molecule has 112 valence electrons. The van der Waals surface area contributed by atoms with Gasteiger partial charge in [-0.05, 0) is 25.0 Å². The Labute approximate surface area is 121 Å². The fourth-order valence-corrected chi connectivity index (χ4v) is 2.33. The lowest BCUT2D eigenvalue weighted by Crippen LogP contribution is -2.37. The molecule has 0 radical (unpaired) electrons. The number of nitrogens with one attached hydrogen (secondary N) is 1. The Bertz CT molecular complexity index is 575. The molecule has 1 aromatic rings. The largest absolute Gasteiger partial charge is 0.490 e. The molecule has 1 saturated carbocycles. The molecule has 0 atom stereocenters. The normalized spacial score (nSPS) is 15.6. The smallest absolute Gasteiger partial charge is 0.311 e. The minimum atomic E-state index is -0.588. The molecule has 1 N–H and O–H groups in total. The molecule has 7 heteroatoms. The van der Waals surface area contributed by atoms with E-state index >= 15 is 0 Å². The summed E-state index contributed by atoms with van der Waals surface area (Å²) in [5.74, 6) is -0.0551. The molecule has 1 fully saturated rings. The minimum Gasteiger partial charge on any atom is -0.490 e. The maximum Gasteiger partial charge on any atom is 0.311 e. The molecule has 0 bridgehead atoms. The molecule has 0 aromatic heterocycles. The lowest BCUT2D eigenvalue weighted by molar-refractivity contribution is -0.385. The van der Waals surface area contributed by atoms with Gasteiger partial charge in [-0.25, -0.2) is 0 Å². The summed E-state index contributed by atoms with van der Waals surface area (Å²) in [6, 6.07) is 4.02. The second-order valence-corrected chi connectivity index (χ2v) is 4.93. The predicted molar refractivity (Wildman–Crippen MR) is 74.4 cm³/mol. The van der Waals surface area contributed by atoms with Crippen molar-refractivity contribution in [3.8, 4) is 5.75 Å². The first-order valence-corrected chi connectivity index (χ1v) is 6.66. The highest BCUT2D eigenvalue weighted by Crippen LogP contribution is 2.27. The number of amides is 1. The number of benzene rings is 1. The number of nitrogens with zero attached hydrogens (tertiary/aromatic N) is 1. The van der Waals surface area contributed by atoms with Crippen LogP contribution in [0.15, 0.2) is 18.2 Å². The highest BCUT2D eigenvalue weighted by molar-refractivity contribution is 5.95. The first-order chi connectivity index (χ1) is 10.0. The number of ether oxygens (including phenoxy) is 1. The summed E-state index contributed by atoms with van der Waals surface area (Å²) in [4.78, 5) is 33.6. The molecule has 0 saturated heterocycles. The van der Waals surface area contributed by atoms with Crippen LogP contribution in [0.25, 0.3) is 0 Å². The fourth-order valence-electron chi connectivity index (χ4n) is 2.33. The van der Waals surface area contributed by atoms with Crippen LogP contribution in [0.4, 0.5) is 5.69 Å². The van der Waals surface area contributed by atoms with Crippen LogP contribution >= 0.6 is 0 Å². The molecule has 0 heterocycles. The summed E-state index contributed by atoms with van der Waals surface area (Å²) in [6.45, 7) is 0. The zero-order valence-corrected chi connectivity index (χ0v) is 11.6. The molecule has 1 aliphatic rings. The molecule has 0 spiro atoms. The number of nitro groups is 1. The summed E-state index contributed by atoms with van der Waals surface area (Å²) in [5.41, 5.74) is -0.0385. The van der Waals surface area contributed by atoms with Crippen molar-refractivity contribution in [1.29, 1.82) is 0 Å². The number of Topliss-reactive ketones (excluding diaryl/α,β-unsaturated/α-hetero) is 1. The lowest BCUT2D eigenvalue weighted by atomic mass is 9.94. The van der Waals surface area contributed by atoms with E-state index in [2.05, 4.69) is 5.32 Å². The topological polar surface area (TPSA) is 98.5 Å². The zero-order chi connectivity index (χ0) is 15.4. The van der Waals surface area contributed by atoms with Gasteiger partial charge in [0.25, 0.3) is 5.91 Å². The lowest BCUT2D eigenvalue weighted by Gasteiger charge is -2.22. The Kier molecular flexibility index (Phi) is 4.52. The van der Waals surface area contributed by atoms with Gasteiger partial charge in [0.2, 0.25) is 0 Å². The van der Waals surface area contributed by atoms with E-state index in [4.69, 9.17) is 4.74 Å². The highest BCUT2D eigenvalue weighted by atomic mass is 16.6. The van der Waals surface area contributed by atoms with Gasteiger partial charge >= 0.3 is 5.69 Å². The Morgan fingerprint density at radius 1 is 1.38 bits per heavy atom. The average Bonchev–Trinajstić information content (AvgIpc) is 2.48. The molecule has 0 aliphatic heterocycles. The van der Waals surface area contributed by atoms with Crippen LogP contribution in [0.2, 0.25) is 0 Å². The molecule has 2 rings (SSSR count). The molecule has 1 aliphatic carbocycles. The summed E-state index contributed by atoms with van der Waals surface area (Å²) in [7, 11) is 1.33. The Balaban J connectivity index is 2.10. The Morgan fingerprint density at radius 3 is 2.62 bits per heavy atom. The van der Waals surface area contributed by atoms with E-state index in [0.29, 0.717) is 25.7 Å². The van der Waals surface area contributed by atoms with Crippen molar-refractivity contribution in [3.63, 3.8) is 0 Å². The van der Waals surface area contributed by atoms with Crippen molar-refractivity contribution >= 4 is 17.4 Å². The number of hydrogen-bond donors (Lipinski definition) is 1. The van der Waals surface area contributed by atoms with Crippen molar-refractivity contribution in [2.24, 2.45) is 0 Å². The van der Waals surface area contributed by atoms with E-state index in [1.54, 1.807) is 0 Å². The van der Waals surface area contributed by atoms with Crippen molar-refractivity contribution in [3.05, 3.63) is 33.9 Å². The Morgan fingerprint density at radius 2 is 2.05 bits per heavy atom. The summed E-state index contributed by atoms with van der Waals surface area (Å²) in [5, 5.41) is 13.7. The SMILES string of the molecule is COc1ccc(C(=O)NC2CCC(=O)CC2)cc1[N+](=O)[O-]. The van der Waals surface area contributed by atoms with Gasteiger partial charge in [0.05, 0.1) is 12.0 Å². The minimum absolute atomic E-state index is 0.0589. The third-order valence-corrected chi connectivity index (χ3v) is 3.52. The molecule has 0 unspecified atom stereocenters. The Hall–Kier alpha value is -2.44. The number of ketones is 1. The van der Waals surface area contributed by atoms with Gasteiger partial charge in [0, 0.05) is 30.5 Å². The van der Waals surface area contributed by atoms with Gasteiger partial charge in [-0.2, -0.15) is 0 Å². The van der Waals surface area contributed by atoms with Crippen LogP contribution in [0.3, 0.4) is 0 Å². The number of rotatable bonds is 4. The van der Waals surface area contributed by atoms with Crippen LogP contribution in [-0.2, 0) is 4.79 Å². The molecule has 21 heavy (non-hydrogen) atoms. The van der Waals surface area contributed by atoms with Gasteiger partial charge in [-0.1, -0.05) is 0 Å². The van der Waals surface area contributed by atoms with E-state index in [1.807, 2.05) is 0 Å². The van der Waals surface area contributed by atoms with Gasteiger partial charge in [0.1, 0.15) is 5.78 Å². The van der Waals surface area contributed by atoms with Gasteiger partial charge in [-0.15, -0.1) is 0 Å². The average molecular weight is 292 g/mol.